The van der Waals surface area contributed by atoms with Crippen LogP contribution >= 0.6 is 0 Å². The lowest BCUT2D eigenvalue weighted by molar-refractivity contribution is -0.129. The third-order valence-corrected chi connectivity index (χ3v) is 4.15. The zero-order valence-corrected chi connectivity index (χ0v) is 15.9. The van der Waals surface area contributed by atoms with E-state index in [0.29, 0.717) is 18.5 Å². The third kappa shape index (κ3) is 5.44. The molecule has 0 bridgehead atoms. The monoisotopic (exact) mass is 372 g/mol. The lowest BCUT2D eigenvalue weighted by Crippen LogP contribution is -2.37. The van der Waals surface area contributed by atoms with Crippen LogP contribution in [0.15, 0.2) is 36.5 Å². The molecule has 0 fully saturated rings. The Morgan fingerprint density at radius 3 is 2.41 bits per heavy atom. The molecule has 0 aliphatic rings. The molecule has 2 rings (SSSR count). The van der Waals surface area contributed by atoms with Gasteiger partial charge < -0.3 is 19.4 Å². The molecule has 0 unspecified atom stereocenters. The van der Waals surface area contributed by atoms with Crippen molar-refractivity contribution in [2.75, 3.05) is 13.7 Å². The summed E-state index contributed by atoms with van der Waals surface area (Å²) in [7, 11) is 3.25. The molecular formula is C20H24N2O5. The average Bonchev–Trinajstić information content (AvgIpc) is 3.04. The quantitative estimate of drug-likeness (QED) is 0.567. The van der Waals surface area contributed by atoms with Gasteiger partial charge in [0, 0.05) is 25.4 Å². The molecule has 7 nitrogen and oxygen atoms in total. The first-order chi connectivity index (χ1) is 12.8. The first-order valence-electron chi connectivity index (χ1n) is 8.60. The summed E-state index contributed by atoms with van der Waals surface area (Å²) in [5.41, 5.74) is 1.69. The van der Waals surface area contributed by atoms with E-state index in [-0.39, 0.29) is 17.4 Å². The van der Waals surface area contributed by atoms with E-state index in [0.717, 1.165) is 11.3 Å². The van der Waals surface area contributed by atoms with Crippen molar-refractivity contribution in [2.45, 2.75) is 26.4 Å². The van der Waals surface area contributed by atoms with Crippen LogP contribution in [-0.4, -0.2) is 42.0 Å². The standard InChI is InChI=1S/C20H24N2O5/c1-13(23)16-11-18(22(3)12-16)20(25)27-14(2)19(24)21-10-9-15-5-7-17(26-4)8-6-15/h5-8,11-12,14H,9-10H2,1-4H3,(H,21,24)/t14-/m0/s1. The molecule has 1 amide bonds. The van der Waals surface area contributed by atoms with Crippen molar-refractivity contribution in [1.82, 2.24) is 9.88 Å². The minimum Gasteiger partial charge on any atom is -0.497 e. The molecule has 0 aliphatic carbocycles. The predicted octanol–water partition coefficient (Wildman–Crippen LogP) is 2.14. The zero-order valence-electron chi connectivity index (χ0n) is 15.9. The van der Waals surface area contributed by atoms with Crippen LogP contribution in [0.5, 0.6) is 5.75 Å². The van der Waals surface area contributed by atoms with Crippen LogP contribution in [0.3, 0.4) is 0 Å². The van der Waals surface area contributed by atoms with Gasteiger partial charge in [0.25, 0.3) is 5.91 Å². The fourth-order valence-corrected chi connectivity index (χ4v) is 2.50. The molecule has 7 heteroatoms. The largest absolute Gasteiger partial charge is 0.497 e. The number of nitrogens with zero attached hydrogens (tertiary/aromatic N) is 1. The maximum atomic E-state index is 12.2. The SMILES string of the molecule is COc1ccc(CCNC(=O)[C@H](C)OC(=O)c2cc(C(C)=O)cn2C)cc1. The molecule has 1 heterocycles. The van der Waals surface area contributed by atoms with Crippen molar-refractivity contribution in [3.63, 3.8) is 0 Å². The Bertz CT molecular complexity index is 823. The second-order valence-electron chi connectivity index (χ2n) is 6.22. The van der Waals surface area contributed by atoms with Crippen molar-refractivity contribution < 1.29 is 23.9 Å². The number of nitrogens with one attached hydrogen (secondary N) is 1. The van der Waals surface area contributed by atoms with Crippen LogP contribution in [0.2, 0.25) is 0 Å². The van der Waals surface area contributed by atoms with E-state index in [2.05, 4.69) is 5.32 Å². The van der Waals surface area contributed by atoms with Crippen LogP contribution in [0.4, 0.5) is 0 Å². The van der Waals surface area contributed by atoms with E-state index in [4.69, 9.17) is 9.47 Å². The highest BCUT2D eigenvalue weighted by molar-refractivity contribution is 5.98. The molecule has 1 aromatic heterocycles. The third-order valence-electron chi connectivity index (χ3n) is 4.15. The van der Waals surface area contributed by atoms with Gasteiger partial charge in [-0.15, -0.1) is 0 Å². The summed E-state index contributed by atoms with van der Waals surface area (Å²) >= 11 is 0. The number of hydrogen-bond acceptors (Lipinski definition) is 5. The molecule has 0 spiro atoms. The van der Waals surface area contributed by atoms with Gasteiger partial charge in [-0.25, -0.2) is 4.79 Å². The Morgan fingerprint density at radius 2 is 1.85 bits per heavy atom. The molecular weight excluding hydrogens is 348 g/mol. The summed E-state index contributed by atoms with van der Waals surface area (Å²) in [5, 5.41) is 2.75. The van der Waals surface area contributed by atoms with Crippen molar-refractivity contribution in [2.24, 2.45) is 7.05 Å². The Hall–Kier alpha value is -3.09. The number of Topliss-reactive ketones (excluding diaryl/α,β-unsaturated/α-hetero) is 1. The number of carbonyl (C=O) groups excluding carboxylic acids is 3. The maximum Gasteiger partial charge on any atom is 0.355 e. The molecule has 144 valence electrons. The fourth-order valence-electron chi connectivity index (χ4n) is 2.50. The van der Waals surface area contributed by atoms with Crippen LogP contribution in [-0.2, 0) is 23.0 Å². The smallest absolute Gasteiger partial charge is 0.355 e. The van der Waals surface area contributed by atoms with Gasteiger partial charge in [0.05, 0.1) is 7.11 Å². The number of rotatable bonds is 8. The molecule has 0 radical (unpaired) electrons. The number of carbonyl (C=O) groups is 3. The van der Waals surface area contributed by atoms with Gasteiger partial charge >= 0.3 is 5.97 Å². The second kappa shape index (κ2) is 9.02. The van der Waals surface area contributed by atoms with Crippen molar-refractivity contribution in [3.8, 4) is 5.75 Å². The van der Waals surface area contributed by atoms with Gasteiger partial charge in [0.15, 0.2) is 11.9 Å². The molecule has 2 aromatic rings. The van der Waals surface area contributed by atoms with E-state index < -0.39 is 12.1 Å². The molecule has 1 aromatic carbocycles. The summed E-state index contributed by atoms with van der Waals surface area (Å²) in [6, 6.07) is 9.03. The number of aryl methyl sites for hydroxylation is 1. The molecule has 0 aliphatic heterocycles. The summed E-state index contributed by atoms with van der Waals surface area (Å²) in [6.45, 7) is 3.35. The summed E-state index contributed by atoms with van der Waals surface area (Å²) in [6.07, 6.45) is 1.26. The van der Waals surface area contributed by atoms with Crippen LogP contribution in [0.25, 0.3) is 0 Å². The number of benzene rings is 1. The lowest BCUT2D eigenvalue weighted by Gasteiger charge is -2.14. The summed E-state index contributed by atoms with van der Waals surface area (Å²) < 4.78 is 11.8. The molecule has 1 N–H and O–H groups in total. The average molecular weight is 372 g/mol. The Labute approximate surface area is 158 Å². The lowest BCUT2D eigenvalue weighted by atomic mass is 10.1. The van der Waals surface area contributed by atoms with Crippen LogP contribution in [0.1, 0.15) is 40.3 Å². The first kappa shape index (κ1) is 20.2. The minimum absolute atomic E-state index is 0.144. The first-order valence-corrected chi connectivity index (χ1v) is 8.60. The second-order valence-corrected chi connectivity index (χ2v) is 6.22. The number of amides is 1. The Balaban J connectivity index is 1.83. The number of ketones is 1. The van der Waals surface area contributed by atoms with Crippen molar-refractivity contribution >= 4 is 17.7 Å². The molecule has 27 heavy (non-hydrogen) atoms. The van der Waals surface area contributed by atoms with Crippen LogP contribution < -0.4 is 10.1 Å². The Kier molecular flexibility index (Phi) is 6.76. The number of ether oxygens (including phenoxy) is 2. The van der Waals surface area contributed by atoms with Gasteiger partial charge in [-0.2, -0.15) is 0 Å². The fraction of sp³-hybridized carbons (Fsp3) is 0.350. The zero-order chi connectivity index (χ0) is 20.0. The predicted molar refractivity (Wildman–Crippen MR) is 100 cm³/mol. The minimum atomic E-state index is -0.941. The van der Waals surface area contributed by atoms with Gasteiger partial charge in [-0.05, 0) is 44.0 Å². The summed E-state index contributed by atoms with van der Waals surface area (Å²) in [5.74, 6) is -0.397. The number of esters is 1. The highest BCUT2D eigenvalue weighted by Gasteiger charge is 2.21. The van der Waals surface area contributed by atoms with E-state index in [1.165, 1.54) is 24.5 Å². The van der Waals surface area contributed by atoms with E-state index in [1.807, 2.05) is 24.3 Å². The van der Waals surface area contributed by atoms with Crippen LogP contribution in [0, 0.1) is 0 Å². The topological polar surface area (TPSA) is 86.6 Å². The summed E-state index contributed by atoms with van der Waals surface area (Å²) in [4.78, 5) is 35.8. The number of methoxy groups -OCH3 is 1. The number of aromatic nitrogens is 1. The van der Waals surface area contributed by atoms with E-state index in [1.54, 1.807) is 20.4 Å². The molecule has 0 saturated heterocycles. The van der Waals surface area contributed by atoms with Crippen molar-refractivity contribution in [3.05, 3.63) is 53.3 Å². The van der Waals surface area contributed by atoms with Gasteiger partial charge in [0.2, 0.25) is 0 Å². The van der Waals surface area contributed by atoms with E-state index >= 15 is 0 Å². The van der Waals surface area contributed by atoms with Gasteiger partial charge in [-0.1, -0.05) is 12.1 Å². The normalized spacial score (nSPS) is 11.6. The number of hydrogen-bond donors (Lipinski definition) is 1. The highest BCUT2D eigenvalue weighted by atomic mass is 16.5. The van der Waals surface area contributed by atoms with Gasteiger partial charge in [-0.3, -0.25) is 9.59 Å². The highest BCUT2D eigenvalue weighted by Crippen LogP contribution is 2.12. The Morgan fingerprint density at radius 1 is 1.19 bits per heavy atom. The van der Waals surface area contributed by atoms with E-state index in [9.17, 15) is 14.4 Å². The molecule has 1 atom stereocenters. The van der Waals surface area contributed by atoms with Gasteiger partial charge in [0.1, 0.15) is 11.4 Å². The van der Waals surface area contributed by atoms with Crippen molar-refractivity contribution in [1.29, 1.82) is 0 Å². The molecule has 0 saturated carbocycles. The maximum absolute atomic E-state index is 12.2.